The van der Waals surface area contributed by atoms with Crippen LogP contribution in [0, 0.1) is 0 Å². The summed E-state index contributed by atoms with van der Waals surface area (Å²) in [6.07, 6.45) is 2.03. The molecule has 1 aromatic heterocycles. The quantitative estimate of drug-likeness (QED) is 0.486. The van der Waals surface area contributed by atoms with Gasteiger partial charge in [-0.3, -0.25) is 9.59 Å². The van der Waals surface area contributed by atoms with Gasteiger partial charge in [-0.2, -0.15) is 0 Å². The van der Waals surface area contributed by atoms with E-state index >= 15 is 0 Å². The average Bonchev–Trinajstić information content (AvgIpc) is 3.29. The number of benzene rings is 2. The third-order valence-corrected chi connectivity index (χ3v) is 8.91. The van der Waals surface area contributed by atoms with E-state index in [1.165, 1.54) is 0 Å². The number of nitrogens with one attached hydrogen (secondary N) is 2. The molecule has 3 aliphatic rings. The number of hydrogen-bond donors (Lipinski definition) is 2. The van der Waals surface area contributed by atoms with Gasteiger partial charge in [0.05, 0.1) is 27.4 Å². The number of fused-ring (bicyclic) bond motifs is 4. The summed E-state index contributed by atoms with van der Waals surface area (Å²) in [4.78, 5) is 35.9. The largest absolute Gasteiger partial charge is 0.493 e. The highest BCUT2D eigenvalue weighted by molar-refractivity contribution is 5.98. The molecular formula is C32H40N4O5. The fourth-order valence-electron chi connectivity index (χ4n) is 7.69. The number of aromatic amines is 1. The summed E-state index contributed by atoms with van der Waals surface area (Å²) >= 11 is 0. The first-order chi connectivity index (χ1) is 19.5. The van der Waals surface area contributed by atoms with Crippen LogP contribution in [0.5, 0.6) is 17.2 Å². The summed E-state index contributed by atoms with van der Waals surface area (Å²) in [5, 5.41) is 4.77. The van der Waals surface area contributed by atoms with Crippen LogP contribution in [0.4, 0.5) is 0 Å². The van der Waals surface area contributed by atoms with E-state index in [1.54, 1.807) is 26.2 Å². The van der Waals surface area contributed by atoms with E-state index in [0.29, 0.717) is 23.7 Å². The Labute approximate surface area is 241 Å². The number of nitrogens with zero attached hydrogens (tertiary/aromatic N) is 2. The second-order valence-corrected chi connectivity index (χ2v) is 12.9. The van der Waals surface area contributed by atoms with Crippen molar-refractivity contribution in [2.24, 2.45) is 0 Å². The normalized spacial score (nSPS) is 23.8. The minimum atomic E-state index is -0.617. The Hall–Kier alpha value is -3.72. The van der Waals surface area contributed by atoms with Crippen molar-refractivity contribution in [3.63, 3.8) is 0 Å². The highest BCUT2D eigenvalue weighted by atomic mass is 16.5. The molecule has 0 radical (unpaired) electrons. The lowest BCUT2D eigenvalue weighted by atomic mass is 9.78. The maximum atomic E-state index is 14.4. The Morgan fingerprint density at radius 1 is 0.902 bits per heavy atom. The van der Waals surface area contributed by atoms with E-state index in [4.69, 9.17) is 14.2 Å². The number of piperazine rings is 1. The molecule has 0 aliphatic carbocycles. The number of aromatic nitrogens is 1. The predicted molar refractivity (Wildman–Crippen MR) is 157 cm³/mol. The number of ether oxygens (including phenoxy) is 3. The summed E-state index contributed by atoms with van der Waals surface area (Å²) in [7, 11) is 4.72. The van der Waals surface area contributed by atoms with Crippen molar-refractivity contribution in [3.05, 3.63) is 53.2 Å². The van der Waals surface area contributed by atoms with Crippen molar-refractivity contribution in [2.75, 3.05) is 27.9 Å². The molecule has 3 aliphatic heterocycles. The number of para-hydroxylation sites is 1. The van der Waals surface area contributed by atoms with Crippen molar-refractivity contribution < 1.29 is 23.8 Å². The van der Waals surface area contributed by atoms with Crippen LogP contribution in [0.25, 0.3) is 10.9 Å². The van der Waals surface area contributed by atoms with Crippen LogP contribution in [-0.4, -0.2) is 77.6 Å². The van der Waals surface area contributed by atoms with E-state index in [2.05, 4.69) is 44.1 Å². The SMILES string of the molecule is COc1cc([C@H]2c3[nH]c4ccccc4c3C[C@@H]3C(=O)N(C4CC(C)(C)NC(C)(C)C4)CC(=O)N23)cc(OC)c1OC. The van der Waals surface area contributed by atoms with Crippen LogP contribution < -0.4 is 19.5 Å². The van der Waals surface area contributed by atoms with Crippen molar-refractivity contribution in [2.45, 2.75) is 76.2 Å². The molecule has 4 heterocycles. The van der Waals surface area contributed by atoms with Crippen LogP contribution in [0.3, 0.4) is 0 Å². The number of piperidine rings is 1. The van der Waals surface area contributed by atoms with E-state index in [0.717, 1.165) is 40.6 Å². The van der Waals surface area contributed by atoms with Gasteiger partial charge in [-0.1, -0.05) is 18.2 Å². The zero-order valence-corrected chi connectivity index (χ0v) is 25.0. The molecule has 6 rings (SSSR count). The molecule has 0 spiro atoms. The van der Waals surface area contributed by atoms with E-state index < -0.39 is 12.1 Å². The average molecular weight is 561 g/mol. The Morgan fingerprint density at radius 2 is 1.54 bits per heavy atom. The van der Waals surface area contributed by atoms with Gasteiger partial charge in [0, 0.05) is 40.1 Å². The molecule has 9 nitrogen and oxygen atoms in total. The molecule has 41 heavy (non-hydrogen) atoms. The topological polar surface area (TPSA) is 96.1 Å². The van der Waals surface area contributed by atoms with Crippen molar-refractivity contribution in [1.82, 2.24) is 20.1 Å². The zero-order valence-electron chi connectivity index (χ0n) is 25.0. The lowest BCUT2D eigenvalue weighted by molar-refractivity contribution is -0.162. The summed E-state index contributed by atoms with van der Waals surface area (Å²) in [5.74, 6) is 1.42. The minimum absolute atomic E-state index is 0.0106. The lowest BCUT2D eigenvalue weighted by Crippen LogP contribution is -2.69. The molecule has 0 saturated carbocycles. The minimum Gasteiger partial charge on any atom is -0.493 e. The second kappa shape index (κ2) is 9.69. The molecule has 2 saturated heterocycles. The number of methoxy groups -OCH3 is 3. The summed E-state index contributed by atoms with van der Waals surface area (Å²) in [6.45, 7) is 8.74. The number of H-pyrrole nitrogens is 1. The molecule has 2 atom stereocenters. The number of amides is 2. The summed E-state index contributed by atoms with van der Waals surface area (Å²) in [5.41, 5.74) is 3.44. The number of carbonyl (C=O) groups is 2. The molecule has 218 valence electrons. The highest BCUT2D eigenvalue weighted by Gasteiger charge is 2.51. The van der Waals surface area contributed by atoms with Gasteiger partial charge < -0.3 is 34.3 Å². The molecule has 2 N–H and O–H groups in total. The van der Waals surface area contributed by atoms with Crippen LogP contribution >= 0.6 is 0 Å². The number of carbonyl (C=O) groups excluding carboxylic acids is 2. The third-order valence-electron chi connectivity index (χ3n) is 8.91. The zero-order chi connectivity index (χ0) is 29.3. The van der Waals surface area contributed by atoms with Crippen molar-refractivity contribution >= 4 is 22.7 Å². The first kappa shape index (κ1) is 27.4. The number of rotatable bonds is 5. The van der Waals surface area contributed by atoms with Gasteiger partial charge in [0.2, 0.25) is 17.6 Å². The van der Waals surface area contributed by atoms with E-state index in [-0.39, 0.29) is 35.5 Å². The van der Waals surface area contributed by atoms with Gasteiger partial charge in [-0.15, -0.1) is 0 Å². The van der Waals surface area contributed by atoms with Gasteiger partial charge in [-0.05, 0) is 69.9 Å². The number of hydrogen-bond acceptors (Lipinski definition) is 6. The van der Waals surface area contributed by atoms with Gasteiger partial charge in [0.15, 0.2) is 11.5 Å². The standard InChI is InChI=1S/C32H40N4O5/c1-31(2)15-19(16-32(3,4)34-31)35-17-26(37)36-23(30(35)38)14-21-20-10-8-9-11-22(20)33-27(21)28(36)18-12-24(39-5)29(41-7)25(13-18)40-6/h8-13,19,23,28,33-34H,14-17H2,1-7H3/t23-,28+/m1/s1. The highest BCUT2D eigenvalue weighted by Crippen LogP contribution is 2.47. The fourth-order valence-corrected chi connectivity index (χ4v) is 7.69. The maximum Gasteiger partial charge on any atom is 0.246 e. The van der Waals surface area contributed by atoms with Gasteiger partial charge in [0.1, 0.15) is 12.6 Å². The molecule has 0 bridgehead atoms. The Bertz CT molecular complexity index is 1480. The summed E-state index contributed by atoms with van der Waals surface area (Å²) < 4.78 is 16.9. The van der Waals surface area contributed by atoms with Crippen LogP contribution in [0.15, 0.2) is 36.4 Å². The van der Waals surface area contributed by atoms with Gasteiger partial charge in [-0.25, -0.2) is 0 Å². The molecule has 9 heteroatoms. The van der Waals surface area contributed by atoms with E-state index in [1.807, 2.05) is 35.2 Å². The van der Waals surface area contributed by atoms with E-state index in [9.17, 15) is 9.59 Å². The van der Waals surface area contributed by atoms with Crippen LogP contribution in [0.1, 0.15) is 63.4 Å². The second-order valence-electron chi connectivity index (χ2n) is 12.9. The predicted octanol–water partition coefficient (Wildman–Crippen LogP) is 4.19. The Morgan fingerprint density at radius 3 is 2.15 bits per heavy atom. The lowest BCUT2D eigenvalue weighted by Gasteiger charge is -2.53. The summed E-state index contributed by atoms with van der Waals surface area (Å²) in [6, 6.07) is 10.7. The molecule has 2 amide bonds. The first-order valence-corrected chi connectivity index (χ1v) is 14.3. The van der Waals surface area contributed by atoms with Crippen LogP contribution in [0.2, 0.25) is 0 Å². The first-order valence-electron chi connectivity index (χ1n) is 14.3. The Kier molecular flexibility index (Phi) is 6.48. The Balaban J connectivity index is 1.49. The van der Waals surface area contributed by atoms with Gasteiger partial charge >= 0.3 is 0 Å². The molecule has 2 fully saturated rings. The maximum absolute atomic E-state index is 14.4. The monoisotopic (exact) mass is 560 g/mol. The molecule has 2 aromatic carbocycles. The third kappa shape index (κ3) is 4.51. The molecule has 3 aromatic rings. The van der Waals surface area contributed by atoms with Crippen LogP contribution in [-0.2, 0) is 16.0 Å². The fraction of sp³-hybridized carbons (Fsp3) is 0.500. The molecule has 0 unspecified atom stereocenters. The van der Waals surface area contributed by atoms with Crippen molar-refractivity contribution in [3.8, 4) is 17.2 Å². The van der Waals surface area contributed by atoms with Crippen molar-refractivity contribution in [1.29, 1.82) is 0 Å². The molecular weight excluding hydrogens is 520 g/mol. The van der Waals surface area contributed by atoms with Gasteiger partial charge in [0.25, 0.3) is 0 Å². The smallest absolute Gasteiger partial charge is 0.246 e.